The van der Waals surface area contributed by atoms with Crippen LogP contribution in [0.25, 0.3) is 0 Å². The number of fused-ring (bicyclic) bond motifs is 1. The van der Waals surface area contributed by atoms with E-state index < -0.39 is 11.9 Å². The monoisotopic (exact) mass is 548 g/mol. The van der Waals surface area contributed by atoms with E-state index in [2.05, 4.69) is 22.5 Å². The van der Waals surface area contributed by atoms with Crippen LogP contribution in [0, 0.1) is 5.92 Å². The summed E-state index contributed by atoms with van der Waals surface area (Å²) in [5.74, 6) is -0.155. The summed E-state index contributed by atoms with van der Waals surface area (Å²) in [4.78, 5) is 30.8. The van der Waals surface area contributed by atoms with E-state index in [1.165, 1.54) is 0 Å². The quantitative estimate of drug-likeness (QED) is 0.235. The lowest BCUT2D eigenvalue weighted by atomic mass is 9.94. The minimum Gasteiger partial charge on any atom is -0.494 e. The van der Waals surface area contributed by atoms with Crippen LogP contribution in [0.2, 0.25) is 0 Å². The maximum atomic E-state index is 13.2. The number of guanidine groups is 1. The molecule has 3 N–H and O–H groups in total. The lowest BCUT2D eigenvalue weighted by molar-refractivity contribution is -0.145. The van der Waals surface area contributed by atoms with Gasteiger partial charge < -0.3 is 39.6 Å². The first kappa shape index (κ1) is 30.6. The zero-order valence-electron chi connectivity index (χ0n) is 23.1. The summed E-state index contributed by atoms with van der Waals surface area (Å²) in [6, 6.07) is 5.81. The summed E-state index contributed by atoms with van der Waals surface area (Å²) >= 11 is 0. The smallest absolute Gasteiger partial charge is 0.304 e. The van der Waals surface area contributed by atoms with Gasteiger partial charge in [-0.1, -0.05) is 13.0 Å². The fourth-order valence-electron chi connectivity index (χ4n) is 4.47. The van der Waals surface area contributed by atoms with E-state index in [1.54, 1.807) is 4.90 Å². The fraction of sp³-hybridized carbons (Fsp3) is 0.679. The molecule has 0 saturated heterocycles. The molecule has 2 aliphatic heterocycles. The Balaban J connectivity index is 1.47. The normalized spacial score (nSPS) is 17.2. The molecule has 11 nitrogen and oxygen atoms in total. The number of carbonyl (C=O) groups excluding carboxylic acids is 1. The first-order valence-corrected chi connectivity index (χ1v) is 14.1. The van der Waals surface area contributed by atoms with E-state index in [1.807, 2.05) is 18.2 Å². The van der Waals surface area contributed by atoms with E-state index in [9.17, 15) is 14.7 Å². The molecule has 0 unspecified atom stereocenters. The van der Waals surface area contributed by atoms with Crippen molar-refractivity contribution in [1.82, 2.24) is 15.5 Å². The van der Waals surface area contributed by atoms with Gasteiger partial charge >= 0.3 is 5.97 Å². The number of carbonyl (C=O) groups is 2. The van der Waals surface area contributed by atoms with Gasteiger partial charge in [-0.2, -0.15) is 0 Å². The molecule has 1 aromatic carbocycles. The molecule has 0 radical (unpaired) electrons. The van der Waals surface area contributed by atoms with Crippen molar-refractivity contribution in [3.8, 4) is 5.75 Å². The van der Waals surface area contributed by atoms with Crippen LogP contribution in [-0.2, 0) is 36.8 Å². The molecule has 3 rings (SSSR count). The molecule has 1 amide bonds. The van der Waals surface area contributed by atoms with Gasteiger partial charge in [0.2, 0.25) is 5.91 Å². The highest BCUT2D eigenvalue weighted by Crippen LogP contribution is 2.28. The van der Waals surface area contributed by atoms with E-state index in [4.69, 9.17) is 18.9 Å². The topological polar surface area (TPSA) is 131 Å². The average Bonchev–Trinajstić information content (AvgIpc) is 3.05. The zero-order valence-corrected chi connectivity index (χ0v) is 23.1. The van der Waals surface area contributed by atoms with Crippen molar-refractivity contribution < 1.29 is 33.6 Å². The second-order valence-electron chi connectivity index (χ2n) is 9.67. The molecular weight excluding hydrogens is 504 g/mol. The highest BCUT2D eigenvalue weighted by molar-refractivity contribution is 5.84. The van der Waals surface area contributed by atoms with E-state index in [0.29, 0.717) is 59.2 Å². The first-order valence-electron chi connectivity index (χ1n) is 14.1. The number of amides is 1. The third-order valence-electron chi connectivity index (χ3n) is 6.46. The summed E-state index contributed by atoms with van der Waals surface area (Å²) in [5, 5.41) is 15.9. The molecule has 2 aliphatic rings. The van der Waals surface area contributed by atoms with Gasteiger partial charge in [-0.15, -0.1) is 0 Å². The predicted molar refractivity (Wildman–Crippen MR) is 147 cm³/mol. The van der Waals surface area contributed by atoms with E-state index in [-0.39, 0.29) is 12.3 Å². The van der Waals surface area contributed by atoms with Crippen LogP contribution < -0.4 is 15.4 Å². The van der Waals surface area contributed by atoms with Crippen molar-refractivity contribution in [1.29, 1.82) is 0 Å². The molecule has 0 spiro atoms. The van der Waals surface area contributed by atoms with E-state index in [0.717, 1.165) is 68.3 Å². The van der Waals surface area contributed by atoms with Crippen molar-refractivity contribution in [3.63, 3.8) is 0 Å². The highest BCUT2D eigenvalue weighted by atomic mass is 16.5. The average molecular weight is 549 g/mol. The summed E-state index contributed by atoms with van der Waals surface area (Å²) in [5.41, 5.74) is 1.95. The SMILES string of the molecule is CCCOCCOCCOCCN1Cc2cc(OCCCNC3=NCCCN3)ccc2C[C@@H](CC(=O)O)C1=O. The molecule has 1 aromatic rings. The molecular formula is C28H44N4O7. The van der Waals surface area contributed by atoms with Crippen LogP contribution in [0.4, 0.5) is 0 Å². The van der Waals surface area contributed by atoms with Crippen LogP contribution in [0.5, 0.6) is 5.75 Å². The lowest BCUT2D eigenvalue weighted by Gasteiger charge is -2.24. The summed E-state index contributed by atoms with van der Waals surface area (Å²) in [6.07, 6.45) is 3.05. The van der Waals surface area contributed by atoms with Crippen molar-refractivity contribution in [2.24, 2.45) is 10.9 Å². The van der Waals surface area contributed by atoms with Gasteiger partial charge in [0.25, 0.3) is 0 Å². The molecule has 0 saturated carbocycles. The van der Waals surface area contributed by atoms with Crippen molar-refractivity contribution in [2.45, 2.75) is 45.6 Å². The second-order valence-corrected chi connectivity index (χ2v) is 9.67. The second kappa shape index (κ2) is 17.6. The number of ether oxygens (including phenoxy) is 4. The highest BCUT2D eigenvalue weighted by Gasteiger charge is 2.31. The minimum absolute atomic E-state index is 0.158. The number of carboxylic acids is 1. The fourth-order valence-corrected chi connectivity index (χ4v) is 4.47. The van der Waals surface area contributed by atoms with Gasteiger partial charge in [0.15, 0.2) is 5.96 Å². The molecule has 1 atom stereocenters. The zero-order chi connectivity index (χ0) is 27.7. The maximum absolute atomic E-state index is 13.2. The van der Waals surface area contributed by atoms with Crippen molar-refractivity contribution in [2.75, 3.05) is 72.4 Å². The molecule has 0 fully saturated rings. The number of nitrogens with one attached hydrogen (secondary N) is 2. The lowest BCUT2D eigenvalue weighted by Crippen LogP contribution is -2.41. The molecule has 0 bridgehead atoms. The van der Waals surface area contributed by atoms with Gasteiger partial charge in [0, 0.05) is 39.3 Å². The number of benzene rings is 1. The number of rotatable bonds is 18. The van der Waals surface area contributed by atoms with Gasteiger partial charge in [0.05, 0.1) is 52.0 Å². The summed E-state index contributed by atoms with van der Waals surface area (Å²) in [7, 11) is 0. The van der Waals surface area contributed by atoms with Gasteiger partial charge in [0.1, 0.15) is 5.75 Å². The molecule has 11 heteroatoms. The number of aliphatic carboxylic acids is 1. The van der Waals surface area contributed by atoms with Crippen LogP contribution in [0.3, 0.4) is 0 Å². The Bertz CT molecular complexity index is 927. The number of aliphatic imine (C=N–C) groups is 1. The summed E-state index contributed by atoms with van der Waals surface area (Å²) in [6.45, 7) is 8.97. The molecule has 0 aliphatic carbocycles. The first-order chi connectivity index (χ1) is 19.1. The molecule has 39 heavy (non-hydrogen) atoms. The Hall–Kier alpha value is -2.89. The van der Waals surface area contributed by atoms with Gasteiger partial charge in [-0.05, 0) is 48.9 Å². The molecule has 218 valence electrons. The number of hydrogen-bond acceptors (Lipinski definition) is 9. The minimum atomic E-state index is -0.976. The third kappa shape index (κ3) is 11.4. The van der Waals surface area contributed by atoms with E-state index >= 15 is 0 Å². The number of hydrogen-bond donors (Lipinski definition) is 3. The van der Waals surface area contributed by atoms with Gasteiger partial charge in [-0.3, -0.25) is 14.6 Å². The maximum Gasteiger partial charge on any atom is 0.304 e. The molecule has 2 heterocycles. The molecule has 0 aromatic heterocycles. The van der Waals surface area contributed by atoms with Crippen LogP contribution in [-0.4, -0.2) is 100 Å². The Morgan fingerprint density at radius 1 is 1.10 bits per heavy atom. The Morgan fingerprint density at radius 3 is 2.59 bits per heavy atom. The van der Waals surface area contributed by atoms with Gasteiger partial charge in [-0.25, -0.2) is 0 Å². The summed E-state index contributed by atoms with van der Waals surface area (Å²) < 4.78 is 22.5. The van der Waals surface area contributed by atoms with Crippen molar-refractivity contribution >= 4 is 17.8 Å². The number of nitrogens with zero attached hydrogens (tertiary/aromatic N) is 2. The Kier molecular flexibility index (Phi) is 13.9. The Morgan fingerprint density at radius 2 is 1.87 bits per heavy atom. The largest absolute Gasteiger partial charge is 0.494 e. The van der Waals surface area contributed by atoms with Crippen LogP contribution in [0.1, 0.15) is 43.7 Å². The predicted octanol–water partition coefficient (Wildman–Crippen LogP) is 1.83. The van der Waals surface area contributed by atoms with Crippen LogP contribution >= 0.6 is 0 Å². The number of carboxylic acid groups (broad SMARTS) is 1. The Labute approximate surface area is 231 Å². The third-order valence-corrected chi connectivity index (χ3v) is 6.46. The standard InChI is InChI=1S/C28H44N4O7/c1-2-11-36-14-16-38-17-15-37-13-10-32-21-24-19-25(39-12-4-9-31-28-29-7-3-8-30-28)6-5-22(24)18-23(27(32)35)20-26(33)34/h5-6,19,23H,2-4,7-18,20-21H2,1H3,(H,33,34)(H2,29,30,31)/t23-/m0/s1. The van der Waals surface area contributed by atoms with Crippen molar-refractivity contribution in [3.05, 3.63) is 29.3 Å². The van der Waals surface area contributed by atoms with Crippen LogP contribution in [0.15, 0.2) is 23.2 Å².